The van der Waals surface area contributed by atoms with Gasteiger partial charge in [-0.15, -0.1) is 10.2 Å². The van der Waals surface area contributed by atoms with E-state index in [4.69, 9.17) is 5.11 Å². The molecule has 7 heteroatoms. The van der Waals surface area contributed by atoms with E-state index in [2.05, 4.69) is 20.5 Å². The first-order valence-corrected chi connectivity index (χ1v) is 6.64. The summed E-state index contributed by atoms with van der Waals surface area (Å²) in [4.78, 5) is 15.3. The van der Waals surface area contributed by atoms with Gasteiger partial charge in [0.2, 0.25) is 5.13 Å². The van der Waals surface area contributed by atoms with Crippen LogP contribution in [0.1, 0.15) is 13.8 Å². The van der Waals surface area contributed by atoms with E-state index in [1.165, 1.54) is 11.3 Å². The van der Waals surface area contributed by atoms with Crippen LogP contribution >= 0.6 is 11.3 Å². The van der Waals surface area contributed by atoms with E-state index >= 15 is 0 Å². The van der Waals surface area contributed by atoms with Gasteiger partial charge in [-0.25, -0.2) is 4.79 Å². The Bertz CT molecular complexity index is 556. The number of anilines is 1. The van der Waals surface area contributed by atoms with Crippen LogP contribution in [0.4, 0.5) is 5.13 Å². The fourth-order valence-electron chi connectivity index (χ4n) is 1.52. The molecular weight excluding hydrogens is 264 g/mol. The third kappa shape index (κ3) is 3.25. The molecule has 2 aromatic rings. The first-order chi connectivity index (χ1) is 9.08. The van der Waals surface area contributed by atoms with Crippen molar-refractivity contribution in [3.8, 4) is 10.7 Å². The number of carboxylic acids is 1. The standard InChI is InChI=1S/C12H14N4O2S/c1-7(2)9(11(17)18)14-12-16-15-10(19-12)8-5-3-4-6-13-8/h3-7,9H,1-2H3,(H,14,16)(H,17,18)/t9-/m0/s1. The number of rotatable bonds is 5. The van der Waals surface area contributed by atoms with Crippen molar-refractivity contribution >= 4 is 22.4 Å². The topological polar surface area (TPSA) is 88.0 Å². The Hall–Kier alpha value is -2.02. The maximum Gasteiger partial charge on any atom is 0.326 e. The van der Waals surface area contributed by atoms with Crippen LogP contribution < -0.4 is 5.32 Å². The number of hydrogen-bond donors (Lipinski definition) is 2. The summed E-state index contributed by atoms with van der Waals surface area (Å²) in [5.41, 5.74) is 0.726. The first-order valence-electron chi connectivity index (χ1n) is 5.82. The van der Waals surface area contributed by atoms with Crippen LogP contribution in [-0.2, 0) is 4.79 Å². The molecule has 0 aliphatic carbocycles. The van der Waals surface area contributed by atoms with Crippen LogP contribution in [0, 0.1) is 5.92 Å². The average molecular weight is 278 g/mol. The Balaban J connectivity index is 2.16. The lowest BCUT2D eigenvalue weighted by Crippen LogP contribution is -2.34. The molecule has 0 saturated heterocycles. The molecule has 0 bridgehead atoms. The van der Waals surface area contributed by atoms with Crippen molar-refractivity contribution in [3.63, 3.8) is 0 Å². The number of aromatic nitrogens is 3. The molecule has 0 aromatic carbocycles. The van der Waals surface area contributed by atoms with Gasteiger partial charge in [0.1, 0.15) is 11.7 Å². The van der Waals surface area contributed by atoms with E-state index in [1.807, 2.05) is 32.0 Å². The van der Waals surface area contributed by atoms with Crippen molar-refractivity contribution in [3.05, 3.63) is 24.4 Å². The second kappa shape index (κ2) is 5.75. The van der Waals surface area contributed by atoms with Crippen molar-refractivity contribution in [2.24, 2.45) is 5.92 Å². The van der Waals surface area contributed by atoms with Gasteiger partial charge in [-0.1, -0.05) is 31.3 Å². The summed E-state index contributed by atoms with van der Waals surface area (Å²) < 4.78 is 0. The van der Waals surface area contributed by atoms with E-state index in [1.54, 1.807) is 6.20 Å². The van der Waals surface area contributed by atoms with E-state index in [0.29, 0.717) is 10.1 Å². The van der Waals surface area contributed by atoms with Gasteiger partial charge in [0.25, 0.3) is 0 Å². The minimum absolute atomic E-state index is 0.0419. The van der Waals surface area contributed by atoms with E-state index < -0.39 is 12.0 Å². The molecule has 2 N–H and O–H groups in total. The van der Waals surface area contributed by atoms with Crippen LogP contribution in [0.2, 0.25) is 0 Å². The normalized spacial score (nSPS) is 12.4. The monoisotopic (exact) mass is 278 g/mol. The van der Waals surface area contributed by atoms with Crippen LogP contribution in [0.25, 0.3) is 10.7 Å². The predicted molar refractivity (Wildman–Crippen MR) is 73.0 cm³/mol. The predicted octanol–water partition coefficient (Wildman–Crippen LogP) is 2.12. The minimum Gasteiger partial charge on any atom is -0.480 e. The van der Waals surface area contributed by atoms with Crippen molar-refractivity contribution < 1.29 is 9.90 Å². The molecule has 0 unspecified atom stereocenters. The molecule has 2 aromatic heterocycles. The first kappa shape index (κ1) is 13.4. The lowest BCUT2D eigenvalue weighted by atomic mass is 10.1. The number of nitrogens with one attached hydrogen (secondary N) is 1. The Labute approximate surface area is 114 Å². The number of aliphatic carboxylic acids is 1. The summed E-state index contributed by atoms with van der Waals surface area (Å²) in [5.74, 6) is -0.940. The molecule has 6 nitrogen and oxygen atoms in total. The maximum absolute atomic E-state index is 11.1. The molecule has 0 radical (unpaired) electrons. The number of carbonyl (C=O) groups is 1. The van der Waals surface area contributed by atoms with E-state index in [-0.39, 0.29) is 5.92 Å². The van der Waals surface area contributed by atoms with Crippen LogP contribution in [0.15, 0.2) is 24.4 Å². The fraction of sp³-hybridized carbons (Fsp3) is 0.333. The highest BCUT2D eigenvalue weighted by Crippen LogP contribution is 2.25. The highest BCUT2D eigenvalue weighted by atomic mass is 32.1. The number of hydrogen-bond acceptors (Lipinski definition) is 6. The summed E-state index contributed by atoms with van der Waals surface area (Å²) in [5, 5.41) is 21.1. The fourth-order valence-corrected chi connectivity index (χ4v) is 2.28. The Morgan fingerprint density at radius 1 is 1.37 bits per heavy atom. The number of carboxylic acid groups (broad SMARTS) is 1. The van der Waals surface area contributed by atoms with Gasteiger partial charge < -0.3 is 10.4 Å². The zero-order valence-corrected chi connectivity index (χ0v) is 11.4. The van der Waals surface area contributed by atoms with Gasteiger partial charge in [-0.2, -0.15) is 0 Å². The van der Waals surface area contributed by atoms with Gasteiger partial charge in [0.15, 0.2) is 5.01 Å². The van der Waals surface area contributed by atoms with Crippen molar-refractivity contribution in [2.75, 3.05) is 5.32 Å². The molecule has 2 heterocycles. The molecule has 2 rings (SSSR count). The summed E-state index contributed by atoms with van der Waals surface area (Å²) in [6.07, 6.45) is 1.68. The zero-order valence-electron chi connectivity index (χ0n) is 10.6. The zero-order chi connectivity index (χ0) is 13.8. The highest BCUT2D eigenvalue weighted by molar-refractivity contribution is 7.18. The smallest absolute Gasteiger partial charge is 0.326 e. The van der Waals surface area contributed by atoms with E-state index in [0.717, 1.165) is 5.69 Å². The van der Waals surface area contributed by atoms with Crippen molar-refractivity contribution in [2.45, 2.75) is 19.9 Å². The minimum atomic E-state index is -0.899. The summed E-state index contributed by atoms with van der Waals surface area (Å²) >= 11 is 1.29. The molecule has 0 spiro atoms. The summed E-state index contributed by atoms with van der Waals surface area (Å²) in [6.45, 7) is 3.68. The molecule has 0 saturated carbocycles. The largest absolute Gasteiger partial charge is 0.480 e. The molecule has 0 aliphatic heterocycles. The summed E-state index contributed by atoms with van der Waals surface area (Å²) in [6, 6.07) is 4.85. The van der Waals surface area contributed by atoms with Gasteiger partial charge in [-0.05, 0) is 18.1 Å². The van der Waals surface area contributed by atoms with Gasteiger partial charge in [0.05, 0.1) is 0 Å². The van der Waals surface area contributed by atoms with Crippen LogP contribution in [-0.4, -0.2) is 32.3 Å². The lowest BCUT2D eigenvalue weighted by Gasteiger charge is -2.16. The molecule has 0 aliphatic rings. The summed E-state index contributed by atoms with van der Waals surface area (Å²) in [7, 11) is 0. The Morgan fingerprint density at radius 3 is 2.74 bits per heavy atom. The Morgan fingerprint density at radius 2 is 2.16 bits per heavy atom. The lowest BCUT2D eigenvalue weighted by molar-refractivity contribution is -0.138. The quantitative estimate of drug-likeness (QED) is 0.871. The van der Waals surface area contributed by atoms with Gasteiger partial charge in [0, 0.05) is 6.20 Å². The highest BCUT2D eigenvalue weighted by Gasteiger charge is 2.22. The average Bonchev–Trinajstić information content (AvgIpc) is 2.85. The van der Waals surface area contributed by atoms with Gasteiger partial charge in [-0.3, -0.25) is 4.98 Å². The number of nitrogens with zero attached hydrogens (tertiary/aromatic N) is 3. The van der Waals surface area contributed by atoms with E-state index in [9.17, 15) is 4.79 Å². The molecule has 0 fully saturated rings. The van der Waals surface area contributed by atoms with Crippen LogP contribution in [0.5, 0.6) is 0 Å². The number of pyridine rings is 1. The van der Waals surface area contributed by atoms with Crippen molar-refractivity contribution in [1.82, 2.24) is 15.2 Å². The molecule has 19 heavy (non-hydrogen) atoms. The molecular formula is C12H14N4O2S. The van der Waals surface area contributed by atoms with Gasteiger partial charge >= 0.3 is 5.97 Å². The molecule has 1 atom stereocenters. The van der Waals surface area contributed by atoms with Crippen LogP contribution in [0.3, 0.4) is 0 Å². The second-order valence-corrected chi connectivity index (χ2v) is 5.31. The molecule has 100 valence electrons. The SMILES string of the molecule is CC(C)[C@H](Nc1nnc(-c2ccccn2)s1)C(=O)O. The second-order valence-electron chi connectivity index (χ2n) is 4.33. The molecule has 0 amide bonds. The van der Waals surface area contributed by atoms with Crippen molar-refractivity contribution in [1.29, 1.82) is 0 Å². The Kier molecular flexibility index (Phi) is 4.06. The third-order valence-corrected chi connectivity index (χ3v) is 3.40. The maximum atomic E-state index is 11.1. The third-order valence-electron chi connectivity index (χ3n) is 2.52.